The van der Waals surface area contributed by atoms with Crippen molar-refractivity contribution in [2.45, 2.75) is 13.0 Å². The van der Waals surface area contributed by atoms with Gasteiger partial charge in [0.05, 0.1) is 17.3 Å². The zero-order valence-corrected chi connectivity index (χ0v) is 12.7. The molecule has 2 heterocycles. The number of likely N-dealkylation sites (tertiary alicyclic amines) is 1. The summed E-state index contributed by atoms with van der Waals surface area (Å²) < 4.78 is 14.6. The fraction of sp³-hybridized carbons (Fsp3) is 0.333. The van der Waals surface area contributed by atoms with Crippen LogP contribution in [0, 0.1) is 11.7 Å². The fourth-order valence-electron chi connectivity index (χ4n) is 2.59. The van der Waals surface area contributed by atoms with Crippen LogP contribution in [-0.4, -0.2) is 38.8 Å². The standard InChI is InChI=1S/C15H16FN3O2.ClH/c16-12-1-3-14(4-2-12)19-8-6-13(17-19)10-18-7-5-11(9-18)15(20)21;/h1-4,6,8,11H,5,7,9-10H2,(H,20,21);1H. The molecule has 1 aromatic heterocycles. The molecule has 1 unspecified atom stereocenters. The van der Waals surface area contributed by atoms with Gasteiger partial charge in [-0.2, -0.15) is 5.10 Å². The second-order valence-corrected chi connectivity index (χ2v) is 5.29. The molecule has 1 atom stereocenters. The first-order valence-electron chi connectivity index (χ1n) is 6.87. The number of halogens is 2. The molecule has 1 saturated heterocycles. The molecule has 0 bridgehead atoms. The predicted octanol–water partition coefficient (Wildman–Crippen LogP) is 2.34. The van der Waals surface area contributed by atoms with Crippen LogP contribution in [0.15, 0.2) is 36.5 Å². The molecule has 1 aliphatic heterocycles. The Hall–Kier alpha value is -1.92. The molecule has 1 aliphatic rings. The van der Waals surface area contributed by atoms with Crippen LogP contribution < -0.4 is 0 Å². The van der Waals surface area contributed by atoms with E-state index in [4.69, 9.17) is 5.11 Å². The smallest absolute Gasteiger partial charge is 0.307 e. The fourth-order valence-corrected chi connectivity index (χ4v) is 2.59. The predicted molar refractivity (Wildman–Crippen MR) is 81.8 cm³/mol. The van der Waals surface area contributed by atoms with Crippen LogP contribution in [0.4, 0.5) is 4.39 Å². The van der Waals surface area contributed by atoms with Gasteiger partial charge in [-0.1, -0.05) is 0 Å². The molecule has 7 heteroatoms. The van der Waals surface area contributed by atoms with Crippen molar-refractivity contribution in [3.05, 3.63) is 48.0 Å². The summed E-state index contributed by atoms with van der Waals surface area (Å²) in [6.07, 6.45) is 2.52. The monoisotopic (exact) mass is 325 g/mol. The first-order chi connectivity index (χ1) is 10.1. The Labute approximate surface area is 133 Å². The number of benzene rings is 1. The number of hydrogen-bond donors (Lipinski definition) is 1. The lowest BCUT2D eigenvalue weighted by atomic mass is 10.1. The molecule has 118 valence electrons. The molecule has 0 spiro atoms. The van der Waals surface area contributed by atoms with Gasteiger partial charge in [0, 0.05) is 19.3 Å². The van der Waals surface area contributed by atoms with Crippen LogP contribution in [0.1, 0.15) is 12.1 Å². The molecule has 5 nitrogen and oxygen atoms in total. The highest BCUT2D eigenvalue weighted by atomic mass is 35.5. The summed E-state index contributed by atoms with van der Waals surface area (Å²) in [4.78, 5) is 13.0. The van der Waals surface area contributed by atoms with Crippen molar-refractivity contribution in [3.63, 3.8) is 0 Å². The average Bonchev–Trinajstić information content (AvgIpc) is 3.10. The van der Waals surface area contributed by atoms with Crippen molar-refractivity contribution in [2.24, 2.45) is 5.92 Å². The Bertz CT molecular complexity index is 644. The van der Waals surface area contributed by atoms with Gasteiger partial charge < -0.3 is 5.11 Å². The van der Waals surface area contributed by atoms with Gasteiger partial charge in [-0.15, -0.1) is 12.4 Å². The van der Waals surface area contributed by atoms with Crippen molar-refractivity contribution < 1.29 is 14.3 Å². The number of rotatable bonds is 4. The Morgan fingerprint density at radius 2 is 2.05 bits per heavy atom. The van der Waals surface area contributed by atoms with E-state index in [1.54, 1.807) is 16.8 Å². The minimum atomic E-state index is -0.727. The molecule has 0 amide bonds. The van der Waals surface area contributed by atoms with Gasteiger partial charge in [-0.3, -0.25) is 9.69 Å². The number of hydrogen-bond acceptors (Lipinski definition) is 3. The van der Waals surface area contributed by atoms with Gasteiger partial charge in [0.2, 0.25) is 0 Å². The average molecular weight is 326 g/mol. The zero-order chi connectivity index (χ0) is 14.8. The summed E-state index contributed by atoms with van der Waals surface area (Å²) >= 11 is 0. The summed E-state index contributed by atoms with van der Waals surface area (Å²) in [6.45, 7) is 1.98. The second-order valence-electron chi connectivity index (χ2n) is 5.29. The molecule has 1 N–H and O–H groups in total. The minimum Gasteiger partial charge on any atom is -0.481 e. The van der Waals surface area contributed by atoms with Gasteiger partial charge >= 0.3 is 5.97 Å². The molecule has 0 aliphatic carbocycles. The maximum Gasteiger partial charge on any atom is 0.307 e. The van der Waals surface area contributed by atoms with E-state index in [0.29, 0.717) is 19.5 Å². The van der Waals surface area contributed by atoms with E-state index < -0.39 is 5.97 Å². The Balaban J connectivity index is 0.00000176. The van der Waals surface area contributed by atoms with E-state index in [1.807, 2.05) is 12.3 Å². The number of carboxylic acids is 1. The molecular formula is C15H17ClFN3O2. The van der Waals surface area contributed by atoms with E-state index in [1.165, 1.54) is 12.1 Å². The quantitative estimate of drug-likeness (QED) is 0.937. The molecule has 22 heavy (non-hydrogen) atoms. The Morgan fingerprint density at radius 1 is 1.32 bits per heavy atom. The maximum atomic E-state index is 12.9. The van der Waals surface area contributed by atoms with Crippen molar-refractivity contribution in [1.82, 2.24) is 14.7 Å². The highest BCUT2D eigenvalue weighted by Gasteiger charge is 2.28. The molecule has 3 rings (SSSR count). The number of nitrogens with zero attached hydrogens (tertiary/aromatic N) is 3. The topological polar surface area (TPSA) is 58.4 Å². The first kappa shape index (κ1) is 16.5. The third-order valence-electron chi connectivity index (χ3n) is 3.74. The summed E-state index contributed by atoms with van der Waals surface area (Å²) in [5.41, 5.74) is 1.68. The van der Waals surface area contributed by atoms with E-state index in [2.05, 4.69) is 10.00 Å². The van der Waals surface area contributed by atoms with E-state index in [-0.39, 0.29) is 24.1 Å². The zero-order valence-electron chi connectivity index (χ0n) is 11.9. The first-order valence-corrected chi connectivity index (χ1v) is 6.87. The van der Waals surface area contributed by atoms with Gasteiger partial charge in [-0.25, -0.2) is 9.07 Å². The number of carbonyl (C=O) groups is 1. The van der Waals surface area contributed by atoms with Gasteiger partial charge in [0.15, 0.2) is 0 Å². The summed E-state index contributed by atoms with van der Waals surface area (Å²) in [5, 5.41) is 13.4. The minimum absolute atomic E-state index is 0. The summed E-state index contributed by atoms with van der Waals surface area (Å²) in [5.74, 6) is -1.28. The highest BCUT2D eigenvalue weighted by Crippen LogP contribution is 2.18. The molecule has 1 fully saturated rings. The van der Waals surface area contributed by atoms with Gasteiger partial charge in [-0.05, 0) is 43.3 Å². The van der Waals surface area contributed by atoms with Crippen molar-refractivity contribution >= 4 is 18.4 Å². The SMILES string of the molecule is Cl.O=C(O)C1CCN(Cc2ccn(-c3ccc(F)cc3)n2)C1. The number of carboxylic acid groups (broad SMARTS) is 1. The third kappa shape index (κ3) is 3.64. The van der Waals surface area contributed by atoms with Crippen molar-refractivity contribution in [2.75, 3.05) is 13.1 Å². The largest absolute Gasteiger partial charge is 0.481 e. The second kappa shape index (κ2) is 6.89. The van der Waals surface area contributed by atoms with Crippen LogP contribution in [0.25, 0.3) is 5.69 Å². The molecule has 1 aromatic carbocycles. The van der Waals surface area contributed by atoms with Crippen LogP contribution in [0.5, 0.6) is 0 Å². The maximum absolute atomic E-state index is 12.9. The van der Waals surface area contributed by atoms with Crippen LogP contribution in [-0.2, 0) is 11.3 Å². The van der Waals surface area contributed by atoms with Gasteiger partial charge in [0.1, 0.15) is 5.82 Å². The lowest BCUT2D eigenvalue weighted by molar-refractivity contribution is -0.141. The molecular weight excluding hydrogens is 309 g/mol. The molecule has 0 saturated carbocycles. The van der Waals surface area contributed by atoms with Crippen molar-refractivity contribution in [1.29, 1.82) is 0 Å². The van der Waals surface area contributed by atoms with Crippen LogP contribution in [0.3, 0.4) is 0 Å². The Kier molecular flexibility index (Phi) is 5.15. The molecule has 2 aromatic rings. The third-order valence-corrected chi connectivity index (χ3v) is 3.74. The summed E-state index contributed by atoms with van der Waals surface area (Å²) in [7, 11) is 0. The van der Waals surface area contributed by atoms with Crippen LogP contribution in [0.2, 0.25) is 0 Å². The number of aromatic nitrogens is 2. The normalized spacial score (nSPS) is 18.1. The summed E-state index contributed by atoms with van der Waals surface area (Å²) in [6, 6.07) is 8.03. The van der Waals surface area contributed by atoms with Crippen molar-refractivity contribution in [3.8, 4) is 5.69 Å². The van der Waals surface area contributed by atoms with E-state index in [0.717, 1.165) is 17.9 Å². The van der Waals surface area contributed by atoms with E-state index >= 15 is 0 Å². The number of aliphatic carboxylic acids is 1. The highest BCUT2D eigenvalue weighted by molar-refractivity contribution is 5.85. The van der Waals surface area contributed by atoms with Gasteiger partial charge in [0.25, 0.3) is 0 Å². The molecule has 0 radical (unpaired) electrons. The lowest BCUT2D eigenvalue weighted by Gasteiger charge is -2.12. The Morgan fingerprint density at radius 3 is 2.68 bits per heavy atom. The van der Waals surface area contributed by atoms with E-state index in [9.17, 15) is 9.18 Å². The van der Waals surface area contributed by atoms with Crippen LogP contribution >= 0.6 is 12.4 Å². The lowest BCUT2D eigenvalue weighted by Crippen LogP contribution is -2.23.